The van der Waals surface area contributed by atoms with Gasteiger partial charge in [0.25, 0.3) is 5.91 Å². The van der Waals surface area contributed by atoms with E-state index < -0.39 is 12.1 Å². The number of hydrogen-bond acceptors (Lipinski definition) is 5. The highest BCUT2D eigenvalue weighted by atomic mass is 79.9. The first kappa shape index (κ1) is 27.4. The third-order valence-corrected chi connectivity index (χ3v) is 5.64. The van der Waals surface area contributed by atoms with Gasteiger partial charge in [0.1, 0.15) is 12.4 Å². The number of carbonyl (C=O) groups excluding carboxylic acids is 1. The minimum atomic E-state index is -5.08. The predicted molar refractivity (Wildman–Crippen MR) is 125 cm³/mol. The fraction of sp³-hybridized carbons (Fsp3) is 0.435. The summed E-state index contributed by atoms with van der Waals surface area (Å²) in [7, 11) is 1.92. The monoisotopic (exact) mass is 545 g/mol. The standard InChI is InChI=1S/C21H26BrN3O2.C2HF3O2/c1-25(19-5-3-2-4-6-19)21(26)16-13-17(22)15-20(14-16)27-12-11-24-18-7-9-23-10-8-18;3-2(4,5)1(6)7/h7-10,13-15,19H,2-6,11-12H2,1H3,(H,23,24);(H,6,7). The van der Waals surface area contributed by atoms with E-state index in [0.29, 0.717) is 30.5 Å². The number of anilines is 1. The summed E-state index contributed by atoms with van der Waals surface area (Å²) >= 11 is 3.50. The largest absolute Gasteiger partial charge is 0.492 e. The highest BCUT2D eigenvalue weighted by Crippen LogP contribution is 2.26. The van der Waals surface area contributed by atoms with Gasteiger partial charge in [0.2, 0.25) is 0 Å². The van der Waals surface area contributed by atoms with Gasteiger partial charge in [-0.3, -0.25) is 9.78 Å². The molecule has 1 fully saturated rings. The number of amides is 1. The zero-order valence-corrected chi connectivity index (χ0v) is 20.2. The smallest absolute Gasteiger partial charge is 0.490 e. The highest BCUT2D eigenvalue weighted by molar-refractivity contribution is 9.10. The molecule has 0 atom stereocenters. The molecule has 0 radical (unpaired) electrons. The number of ether oxygens (including phenoxy) is 1. The molecule has 2 N–H and O–H groups in total. The van der Waals surface area contributed by atoms with E-state index in [1.165, 1.54) is 19.3 Å². The Morgan fingerprint density at radius 1 is 1.18 bits per heavy atom. The maximum atomic E-state index is 12.9. The van der Waals surface area contributed by atoms with Crippen LogP contribution < -0.4 is 10.1 Å². The Hall–Kier alpha value is -2.82. The number of benzene rings is 1. The lowest BCUT2D eigenvalue weighted by atomic mass is 9.94. The number of nitrogens with zero attached hydrogens (tertiary/aromatic N) is 2. The van der Waals surface area contributed by atoms with Gasteiger partial charge in [0.15, 0.2) is 0 Å². The molecule has 34 heavy (non-hydrogen) atoms. The number of pyridine rings is 1. The third kappa shape index (κ3) is 9.20. The summed E-state index contributed by atoms with van der Waals surface area (Å²) in [5.41, 5.74) is 1.67. The Morgan fingerprint density at radius 3 is 2.38 bits per heavy atom. The van der Waals surface area contributed by atoms with Crippen molar-refractivity contribution in [3.8, 4) is 5.75 Å². The molecule has 0 saturated heterocycles. The van der Waals surface area contributed by atoms with Crippen molar-refractivity contribution >= 4 is 33.5 Å². The van der Waals surface area contributed by atoms with Crippen molar-refractivity contribution in [2.45, 2.75) is 44.3 Å². The third-order valence-electron chi connectivity index (χ3n) is 5.18. The van der Waals surface area contributed by atoms with E-state index in [1.54, 1.807) is 12.4 Å². The first-order valence-corrected chi connectivity index (χ1v) is 11.5. The Morgan fingerprint density at radius 2 is 1.79 bits per heavy atom. The number of aliphatic carboxylic acids is 1. The molecule has 1 heterocycles. The minimum Gasteiger partial charge on any atom is -0.492 e. The zero-order valence-electron chi connectivity index (χ0n) is 18.6. The Bertz CT molecular complexity index is 939. The predicted octanol–water partition coefficient (Wildman–Crippen LogP) is 5.37. The van der Waals surface area contributed by atoms with Crippen LogP contribution >= 0.6 is 15.9 Å². The number of alkyl halides is 3. The molecule has 1 aromatic heterocycles. The number of aromatic nitrogens is 1. The van der Waals surface area contributed by atoms with E-state index in [4.69, 9.17) is 14.6 Å². The van der Waals surface area contributed by atoms with Crippen LogP contribution in [0.15, 0.2) is 47.2 Å². The minimum absolute atomic E-state index is 0.0583. The molecule has 1 amide bonds. The highest BCUT2D eigenvalue weighted by Gasteiger charge is 2.38. The summed E-state index contributed by atoms with van der Waals surface area (Å²) in [5, 5.41) is 10.4. The van der Waals surface area contributed by atoms with E-state index >= 15 is 0 Å². The first-order valence-electron chi connectivity index (χ1n) is 10.7. The topological polar surface area (TPSA) is 91.8 Å². The van der Waals surface area contributed by atoms with Gasteiger partial charge in [-0.25, -0.2) is 4.79 Å². The second-order valence-electron chi connectivity index (χ2n) is 7.70. The van der Waals surface area contributed by atoms with Crippen LogP contribution in [0.5, 0.6) is 5.75 Å². The molecule has 1 aromatic carbocycles. The van der Waals surface area contributed by atoms with Crippen molar-refractivity contribution in [3.05, 3.63) is 52.8 Å². The summed E-state index contributed by atoms with van der Waals surface area (Å²) in [5.74, 6) is -2.00. The van der Waals surface area contributed by atoms with Crippen LogP contribution in [0.3, 0.4) is 0 Å². The number of halogens is 4. The number of carboxylic acid groups (broad SMARTS) is 1. The molecule has 1 saturated carbocycles. The SMILES string of the molecule is CN(C(=O)c1cc(Br)cc(OCCNc2ccncc2)c1)C1CCCCC1.O=C(O)C(F)(F)F. The van der Waals surface area contributed by atoms with Crippen molar-refractivity contribution in [1.29, 1.82) is 0 Å². The van der Waals surface area contributed by atoms with Crippen LogP contribution in [-0.4, -0.2) is 59.3 Å². The van der Waals surface area contributed by atoms with Crippen LogP contribution in [0.1, 0.15) is 42.5 Å². The van der Waals surface area contributed by atoms with E-state index in [1.807, 2.05) is 42.3 Å². The van der Waals surface area contributed by atoms with Crippen LogP contribution in [0.25, 0.3) is 0 Å². The molecule has 0 unspecified atom stereocenters. The molecule has 0 spiro atoms. The van der Waals surface area contributed by atoms with Crippen LogP contribution in [0.2, 0.25) is 0 Å². The lowest BCUT2D eigenvalue weighted by molar-refractivity contribution is -0.192. The number of rotatable bonds is 7. The van der Waals surface area contributed by atoms with Gasteiger partial charge < -0.3 is 20.1 Å². The van der Waals surface area contributed by atoms with Crippen LogP contribution in [0.4, 0.5) is 18.9 Å². The van der Waals surface area contributed by atoms with Crippen molar-refractivity contribution in [2.75, 3.05) is 25.5 Å². The summed E-state index contributed by atoms with van der Waals surface area (Å²) in [4.78, 5) is 27.7. The molecule has 2 aromatic rings. The van der Waals surface area contributed by atoms with Crippen molar-refractivity contribution in [3.63, 3.8) is 0 Å². The van der Waals surface area contributed by atoms with E-state index in [2.05, 4.69) is 26.2 Å². The second kappa shape index (κ2) is 13.2. The van der Waals surface area contributed by atoms with Gasteiger partial charge in [-0.1, -0.05) is 35.2 Å². The first-order chi connectivity index (χ1) is 16.1. The summed E-state index contributed by atoms with van der Waals surface area (Å²) in [6.45, 7) is 1.17. The molecule has 0 bridgehead atoms. The number of carboxylic acids is 1. The number of nitrogens with one attached hydrogen (secondary N) is 1. The quantitative estimate of drug-likeness (QED) is 0.454. The Labute approximate surface area is 204 Å². The maximum absolute atomic E-state index is 12.9. The lowest BCUT2D eigenvalue weighted by Crippen LogP contribution is -2.38. The molecule has 1 aliphatic rings. The van der Waals surface area contributed by atoms with Gasteiger partial charge in [-0.15, -0.1) is 0 Å². The number of carbonyl (C=O) groups is 2. The van der Waals surface area contributed by atoms with Gasteiger partial charge in [-0.2, -0.15) is 13.2 Å². The summed E-state index contributed by atoms with van der Waals surface area (Å²) in [6.07, 6.45) is 4.30. The van der Waals surface area contributed by atoms with Crippen molar-refractivity contribution < 1.29 is 32.6 Å². The fourth-order valence-electron chi connectivity index (χ4n) is 3.44. The van der Waals surface area contributed by atoms with E-state index in [-0.39, 0.29) is 5.91 Å². The molecule has 3 rings (SSSR count). The normalized spacial score (nSPS) is 13.9. The molecule has 186 valence electrons. The fourth-order valence-corrected chi connectivity index (χ4v) is 3.91. The van der Waals surface area contributed by atoms with Crippen molar-refractivity contribution in [2.24, 2.45) is 0 Å². The Balaban J connectivity index is 0.000000509. The van der Waals surface area contributed by atoms with Crippen molar-refractivity contribution in [1.82, 2.24) is 9.88 Å². The lowest BCUT2D eigenvalue weighted by Gasteiger charge is -2.31. The summed E-state index contributed by atoms with van der Waals surface area (Å²) < 4.78 is 38.4. The molecular weight excluding hydrogens is 519 g/mol. The van der Waals surface area contributed by atoms with E-state index in [0.717, 1.165) is 23.0 Å². The van der Waals surface area contributed by atoms with Crippen LogP contribution in [-0.2, 0) is 4.79 Å². The van der Waals surface area contributed by atoms with E-state index in [9.17, 15) is 18.0 Å². The molecular formula is C23H27BrF3N3O4. The average molecular weight is 546 g/mol. The van der Waals surface area contributed by atoms with Gasteiger partial charge in [0, 0.05) is 47.8 Å². The number of hydrogen-bond donors (Lipinski definition) is 2. The van der Waals surface area contributed by atoms with Gasteiger partial charge in [0.05, 0.1) is 0 Å². The average Bonchev–Trinajstić information content (AvgIpc) is 2.81. The molecule has 7 nitrogen and oxygen atoms in total. The maximum Gasteiger partial charge on any atom is 0.490 e. The van der Waals surface area contributed by atoms with Gasteiger partial charge in [-0.05, 0) is 43.2 Å². The molecule has 11 heteroatoms. The molecule has 1 aliphatic carbocycles. The van der Waals surface area contributed by atoms with Crippen LogP contribution in [0, 0.1) is 0 Å². The summed E-state index contributed by atoms with van der Waals surface area (Å²) in [6, 6.07) is 9.76. The Kier molecular flexibility index (Phi) is 10.6. The molecule has 0 aliphatic heterocycles. The zero-order chi connectivity index (χ0) is 25.1. The second-order valence-corrected chi connectivity index (χ2v) is 8.61. The van der Waals surface area contributed by atoms with Gasteiger partial charge >= 0.3 is 12.1 Å².